The lowest BCUT2D eigenvalue weighted by Gasteiger charge is -2.14. The van der Waals surface area contributed by atoms with Gasteiger partial charge in [-0.25, -0.2) is 4.39 Å². The number of benzene rings is 2. The van der Waals surface area contributed by atoms with Crippen molar-refractivity contribution in [2.45, 2.75) is 0 Å². The van der Waals surface area contributed by atoms with Gasteiger partial charge in [-0.2, -0.15) is 0 Å². The second kappa shape index (κ2) is 5.67. The number of rotatable bonds is 4. The number of nitrogens with two attached hydrogens (primary N) is 1. The van der Waals surface area contributed by atoms with Gasteiger partial charge in [0, 0.05) is 0 Å². The zero-order valence-corrected chi connectivity index (χ0v) is 11.1. The van der Waals surface area contributed by atoms with Crippen LogP contribution in [0.15, 0.2) is 42.5 Å². The highest BCUT2D eigenvalue weighted by Crippen LogP contribution is 2.29. The molecule has 3 N–H and O–H groups in total. The summed E-state index contributed by atoms with van der Waals surface area (Å²) in [7, 11) is 1.57. The Labute approximate surface area is 116 Å². The lowest BCUT2D eigenvalue weighted by Crippen LogP contribution is -2.14. The van der Waals surface area contributed by atoms with E-state index in [1.165, 1.54) is 6.07 Å². The zero-order valence-electron chi connectivity index (χ0n) is 10.3. The molecule has 0 radical (unpaired) electrons. The van der Waals surface area contributed by atoms with Gasteiger partial charge in [0.05, 0.1) is 24.0 Å². The van der Waals surface area contributed by atoms with Crippen molar-refractivity contribution < 1.29 is 9.13 Å². The Morgan fingerprint density at radius 1 is 1.16 bits per heavy atom. The van der Waals surface area contributed by atoms with Gasteiger partial charge in [0.25, 0.3) is 0 Å². The van der Waals surface area contributed by atoms with E-state index in [0.717, 1.165) is 0 Å². The Hall–Kier alpha value is -2.14. The number of anilines is 2. The molecule has 0 spiro atoms. The summed E-state index contributed by atoms with van der Waals surface area (Å²) in [5.74, 6) is 0.202. The molecule has 98 valence electrons. The molecule has 2 aromatic rings. The SMILES string of the molecule is COc1ccccc1Nc1cccc(F)c1C(N)=S. The van der Waals surface area contributed by atoms with Gasteiger partial charge in [0.2, 0.25) is 0 Å². The molecule has 0 fully saturated rings. The first-order chi connectivity index (χ1) is 9.13. The Balaban J connectivity index is 2.44. The first kappa shape index (κ1) is 13.3. The number of thiocarbonyl (C=S) groups is 1. The van der Waals surface area contributed by atoms with Crippen LogP contribution in [0.25, 0.3) is 0 Å². The molecule has 0 saturated carbocycles. The normalized spacial score (nSPS) is 10.0. The van der Waals surface area contributed by atoms with Crippen LogP contribution in [0.4, 0.5) is 15.8 Å². The highest BCUT2D eigenvalue weighted by Gasteiger charge is 2.12. The third-order valence-corrected chi connectivity index (χ3v) is 2.84. The number of hydrogen-bond donors (Lipinski definition) is 2. The molecule has 0 aliphatic heterocycles. The summed E-state index contributed by atoms with van der Waals surface area (Å²) in [6.45, 7) is 0. The van der Waals surface area contributed by atoms with Gasteiger partial charge in [-0.3, -0.25) is 0 Å². The minimum absolute atomic E-state index is 0.00972. The molecule has 3 nitrogen and oxygen atoms in total. The fourth-order valence-corrected chi connectivity index (χ4v) is 1.98. The number of ether oxygens (including phenoxy) is 1. The second-order valence-electron chi connectivity index (χ2n) is 3.85. The summed E-state index contributed by atoms with van der Waals surface area (Å²) >= 11 is 4.88. The van der Waals surface area contributed by atoms with Crippen LogP contribution in [-0.4, -0.2) is 12.1 Å². The summed E-state index contributed by atoms with van der Waals surface area (Å²) in [5.41, 5.74) is 6.98. The smallest absolute Gasteiger partial charge is 0.142 e. The van der Waals surface area contributed by atoms with Gasteiger partial charge in [-0.1, -0.05) is 30.4 Å². The van der Waals surface area contributed by atoms with E-state index in [1.54, 1.807) is 19.2 Å². The van der Waals surface area contributed by atoms with Crippen LogP contribution in [0.5, 0.6) is 5.75 Å². The van der Waals surface area contributed by atoms with Gasteiger partial charge >= 0.3 is 0 Å². The predicted octanol–water partition coefficient (Wildman–Crippen LogP) is 3.21. The van der Waals surface area contributed by atoms with Crippen molar-refractivity contribution in [3.05, 3.63) is 53.8 Å². The summed E-state index contributed by atoms with van der Waals surface area (Å²) in [5, 5.41) is 3.08. The van der Waals surface area contributed by atoms with Crippen LogP contribution in [-0.2, 0) is 0 Å². The molecule has 0 aromatic heterocycles. The minimum Gasteiger partial charge on any atom is -0.495 e. The molecule has 0 bridgehead atoms. The molecule has 2 aromatic carbocycles. The monoisotopic (exact) mass is 276 g/mol. The Bertz CT molecular complexity index is 616. The minimum atomic E-state index is -0.451. The van der Waals surface area contributed by atoms with Crippen LogP contribution in [0, 0.1) is 5.82 Å². The average Bonchev–Trinajstić information content (AvgIpc) is 2.39. The van der Waals surface area contributed by atoms with Crippen molar-refractivity contribution in [3.63, 3.8) is 0 Å². The van der Waals surface area contributed by atoms with Gasteiger partial charge in [-0.05, 0) is 24.3 Å². The average molecular weight is 276 g/mol. The van der Waals surface area contributed by atoms with E-state index in [4.69, 9.17) is 22.7 Å². The van der Waals surface area contributed by atoms with Crippen molar-refractivity contribution >= 4 is 28.6 Å². The third-order valence-electron chi connectivity index (χ3n) is 2.64. The van der Waals surface area contributed by atoms with E-state index in [9.17, 15) is 4.39 Å². The highest BCUT2D eigenvalue weighted by molar-refractivity contribution is 7.80. The molecule has 2 rings (SSSR count). The lowest BCUT2D eigenvalue weighted by molar-refractivity contribution is 0.417. The van der Waals surface area contributed by atoms with Crippen molar-refractivity contribution in [1.29, 1.82) is 0 Å². The van der Waals surface area contributed by atoms with E-state index in [0.29, 0.717) is 17.1 Å². The summed E-state index contributed by atoms with van der Waals surface area (Å²) in [6, 6.07) is 12.0. The van der Waals surface area contributed by atoms with Crippen LogP contribution in [0.2, 0.25) is 0 Å². The second-order valence-corrected chi connectivity index (χ2v) is 4.29. The maximum atomic E-state index is 13.7. The van der Waals surface area contributed by atoms with E-state index in [2.05, 4.69) is 5.32 Å². The van der Waals surface area contributed by atoms with Crippen LogP contribution < -0.4 is 15.8 Å². The topological polar surface area (TPSA) is 47.3 Å². The fourth-order valence-electron chi connectivity index (χ4n) is 1.77. The largest absolute Gasteiger partial charge is 0.495 e. The molecule has 5 heteroatoms. The standard InChI is InChI=1S/C14H13FN2OS/c1-18-12-8-3-2-6-10(12)17-11-7-4-5-9(15)13(11)14(16)19/h2-8,17H,1H3,(H2,16,19). The quantitative estimate of drug-likeness (QED) is 0.842. The molecular formula is C14H13FN2OS. The lowest BCUT2D eigenvalue weighted by atomic mass is 10.1. The van der Waals surface area contributed by atoms with E-state index < -0.39 is 5.82 Å². The van der Waals surface area contributed by atoms with Crippen molar-refractivity contribution in [1.82, 2.24) is 0 Å². The number of para-hydroxylation sites is 2. The number of hydrogen-bond acceptors (Lipinski definition) is 3. The molecule has 0 amide bonds. The number of halogens is 1. The Morgan fingerprint density at radius 3 is 2.53 bits per heavy atom. The molecule has 0 aliphatic carbocycles. The first-order valence-corrected chi connectivity index (χ1v) is 6.02. The van der Waals surface area contributed by atoms with E-state index in [1.807, 2.05) is 24.3 Å². The molecular weight excluding hydrogens is 263 g/mol. The molecule has 0 aliphatic rings. The zero-order chi connectivity index (χ0) is 13.8. The van der Waals surface area contributed by atoms with E-state index in [-0.39, 0.29) is 10.6 Å². The maximum Gasteiger partial charge on any atom is 0.142 e. The molecule has 19 heavy (non-hydrogen) atoms. The van der Waals surface area contributed by atoms with Gasteiger partial charge < -0.3 is 15.8 Å². The van der Waals surface area contributed by atoms with Gasteiger partial charge in [0.1, 0.15) is 16.6 Å². The van der Waals surface area contributed by atoms with Crippen molar-refractivity contribution in [2.75, 3.05) is 12.4 Å². The van der Waals surface area contributed by atoms with Gasteiger partial charge in [0.15, 0.2) is 0 Å². The Kier molecular flexibility index (Phi) is 3.97. The maximum absolute atomic E-state index is 13.7. The summed E-state index contributed by atoms with van der Waals surface area (Å²) < 4.78 is 19.0. The van der Waals surface area contributed by atoms with Gasteiger partial charge in [-0.15, -0.1) is 0 Å². The fraction of sp³-hybridized carbons (Fsp3) is 0.0714. The van der Waals surface area contributed by atoms with E-state index >= 15 is 0 Å². The number of methoxy groups -OCH3 is 1. The van der Waals surface area contributed by atoms with Crippen LogP contribution >= 0.6 is 12.2 Å². The molecule has 0 unspecified atom stereocenters. The summed E-state index contributed by atoms with van der Waals surface area (Å²) in [4.78, 5) is 0.00972. The predicted molar refractivity (Wildman–Crippen MR) is 78.6 cm³/mol. The van der Waals surface area contributed by atoms with Crippen molar-refractivity contribution in [2.24, 2.45) is 5.73 Å². The molecule has 0 atom stereocenters. The molecule has 0 saturated heterocycles. The summed E-state index contributed by atoms with van der Waals surface area (Å²) in [6.07, 6.45) is 0. The third kappa shape index (κ3) is 2.82. The first-order valence-electron chi connectivity index (χ1n) is 5.62. The van der Waals surface area contributed by atoms with Crippen LogP contribution in [0.3, 0.4) is 0 Å². The van der Waals surface area contributed by atoms with Crippen molar-refractivity contribution in [3.8, 4) is 5.75 Å². The highest BCUT2D eigenvalue weighted by atomic mass is 32.1. The van der Waals surface area contributed by atoms with Crippen LogP contribution in [0.1, 0.15) is 5.56 Å². The Morgan fingerprint density at radius 2 is 1.84 bits per heavy atom. The number of nitrogens with one attached hydrogen (secondary N) is 1. The molecule has 0 heterocycles.